The molecule has 11 heteroatoms. The van der Waals surface area contributed by atoms with Crippen LogP contribution in [-0.4, -0.2) is 52.3 Å². The number of fused-ring (bicyclic) bond motifs is 1. The summed E-state index contributed by atoms with van der Waals surface area (Å²) >= 11 is 1.31. The summed E-state index contributed by atoms with van der Waals surface area (Å²) in [7, 11) is 4.47. The van der Waals surface area contributed by atoms with Gasteiger partial charge >= 0.3 is 6.03 Å². The zero-order valence-electron chi connectivity index (χ0n) is 18.0. The van der Waals surface area contributed by atoms with E-state index in [0.717, 1.165) is 10.4 Å². The summed E-state index contributed by atoms with van der Waals surface area (Å²) in [5.41, 5.74) is 7.25. The molecule has 32 heavy (non-hydrogen) atoms. The average molecular weight is 464 g/mol. The highest BCUT2D eigenvalue weighted by molar-refractivity contribution is 7.17. The van der Waals surface area contributed by atoms with Gasteiger partial charge in [0.2, 0.25) is 5.75 Å². The number of carbonyl (C=O) groups excluding carboxylic acids is 2. The Kier molecular flexibility index (Phi) is 6.13. The van der Waals surface area contributed by atoms with Gasteiger partial charge in [0.05, 0.1) is 45.8 Å². The summed E-state index contributed by atoms with van der Waals surface area (Å²) in [6.45, 7) is 1.09. The molecule has 1 aromatic heterocycles. The number of anilines is 2. The van der Waals surface area contributed by atoms with Crippen molar-refractivity contribution >= 4 is 34.0 Å². The van der Waals surface area contributed by atoms with Gasteiger partial charge in [0.1, 0.15) is 5.00 Å². The number of urea groups is 1. The Labute approximate surface area is 188 Å². The van der Waals surface area contributed by atoms with Crippen LogP contribution in [0.4, 0.5) is 15.5 Å². The highest BCUT2D eigenvalue weighted by Crippen LogP contribution is 2.44. The zero-order chi connectivity index (χ0) is 22.9. The third kappa shape index (κ3) is 4.06. The Hall–Kier alpha value is -3.02. The molecule has 0 bridgehead atoms. The number of benzene rings is 1. The van der Waals surface area contributed by atoms with Crippen LogP contribution in [0.5, 0.6) is 17.2 Å². The van der Waals surface area contributed by atoms with Crippen molar-refractivity contribution in [2.24, 2.45) is 5.73 Å². The molecule has 1 aliphatic carbocycles. The molecule has 4 rings (SSSR count). The SMILES string of the molecule is COc1cc(NC(=O)Nc2sc3c(c2C(N)=O)CCC2(C3)OCCO2)cc(OC)c1OC. The van der Waals surface area contributed by atoms with E-state index in [9.17, 15) is 9.59 Å². The molecule has 0 unspecified atom stereocenters. The van der Waals surface area contributed by atoms with Crippen molar-refractivity contribution in [2.75, 3.05) is 45.2 Å². The Morgan fingerprint density at radius 3 is 2.28 bits per heavy atom. The summed E-state index contributed by atoms with van der Waals surface area (Å²) in [6, 6.07) is 2.67. The van der Waals surface area contributed by atoms with E-state index in [0.29, 0.717) is 66.0 Å². The number of thiophene rings is 1. The lowest BCUT2D eigenvalue weighted by Crippen LogP contribution is -2.36. The van der Waals surface area contributed by atoms with E-state index in [1.165, 1.54) is 32.7 Å². The maximum atomic E-state index is 12.7. The molecule has 1 fully saturated rings. The molecular formula is C21H25N3O7S. The van der Waals surface area contributed by atoms with Crippen LogP contribution >= 0.6 is 11.3 Å². The van der Waals surface area contributed by atoms with Gasteiger partial charge in [0, 0.05) is 29.9 Å². The van der Waals surface area contributed by atoms with Crippen LogP contribution < -0.4 is 30.6 Å². The van der Waals surface area contributed by atoms with Crippen molar-refractivity contribution in [3.05, 3.63) is 28.1 Å². The van der Waals surface area contributed by atoms with Crippen LogP contribution in [0.15, 0.2) is 12.1 Å². The molecule has 0 radical (unpaired) electrons. The molecule has 3 amide bonds. The van der Waals surface area contributed by atoms with Gasteiger partial charge in [-0.1, -0.05) is 0 Å². The topological polar surface area (TPSA) is 130 Å². The largest absolute Gasteiger partial charge is 0.493 e. The van der Waals surface area contributed by atoms with Crippen LogP contribution in [-0.2, 0) is 22.3 Å². The van der Waals surface area contributed by atoms with Crippen LogP contribution in [0.3, 0.4) is 0 Å². The van der Waals surface area contributed by atoms with E-state index in [1.54, 1.807) is 12.1 Å². The molecule has 0 atom stereocenters. The van der Waals surface area contributed by atoms with Gasteiger partial charge in [-0.05, 0) is 12.0 Å². The van der Waals surface area contributed by atoms with E-state index in [1.807, 2.05) is 0 Å². The van der Waals surface area contributed by atoms with Gasteiger partial charge in [0.25, 0.3) is 5.91 Å². The molecule has 4 N–H and O–H groups in total. The number of primary amides is 1. The summed E-state index contributed by atoms with van der Waals surface area (Å²) in [5, 5.41) is 5.87. The highest BCUT2D eigenvalue weighted by atomic mass is 32.1. The first kappa shape index (κ1) is 22.2. The molecule has 1 aromatic carbocycles. The monoisotopic (exact) mass is 463 g/mol. The van der Waals surface area contributed by atoms with Crippen molar-refractivity contribution in [2.45, 2.75) is 25.0 Å². The fraction of sp³-hybridized carbons (Fsp3) is 0.429. The molecular weight excluding hydrogens is 438 g/mol. The molecule has 1 saturated heterocycles. The Balaban J connectivity index is 1.56. The number of ether oxygens (including phenoxy) is 5. The number of carbonyl (C=O) groups is 2. The summed E-state index contributed by atoms with van der Waals surface area (Å²) in [4.78, 5) is 25.9. The minimum Gasteiger partial charge on any atom is -0.493 e. The lowest BCUT2D eigenvalue weighted by Gasteiger charge is -2.31. The first-order chi connectivity index (χ1) is 15.4. The Bertz CT molecular complexity index is 1020. The Morgan fingerprint density at radius 2 is 1.72 bits per heavy atom. The molecule has 2 aliphatic rings. The lowest BCUT2D eigenvalue weighted by atomic mass is 9.90. The zero-order valence-corrected chi connectivity index (χ0v) is 18.9. The minimum absolute atomic E-state index is 0.331. The van der Waals surface area contributed by atoms with E-state index < -0.39 is 17.7 Å². The molecule has 2 heterocycles. The third-order valence-corrected chi connectivity index (χ3v) is 6.63. The number of rotatable bonds is 6. The van der Waals surface area contributed by atoms with Gasteiger partial charge in [-0.2, -0.15) is 0 Å². The molecule has 1 spiro atoms. The fourth-order valence-electron chi connectivity index (χ4n) is 4.08. The van der Waals surface area contributed by atoms with Crippen LogP contribution in [0, 0.1) is 0 Å². The van der Waals surface area contributed by atoms with Crippen molar-refractivity contribution in [1.29, 1.82) is 0 Å². The van der Waals surface area contributed by atoms with Crippen LogP contribution in [0.2, 0.25) is 0 Å². The number of nitrogens with two attached hydrogens (primary N) is 1. The van der Waals surface area contributed by atoms with E-state index >= 15 is 0 Å². The lowest BCUT2D eigenvalue weighted by molar-refractivity contribution is -0.163. The fourth-order valence-corrected chi connectivity index (χ4v) is 5.41. The van der Waals surface area contributed by atoms with Crippen LogP contribution in [0.1, 0.15) is 27.2 Å². The predicted octanol–water partition coefficient (Wildman–Crippen LogP) is 2.75. The second-order valence-electron chi connectivity index (χ2n) is 7.35. The molecule has 1 aliphatic heterocycles. The maximum Gasteiger partial charge on any atom is 0.324 e. The van der Waals surface area contributed by atoms with Gasteiger partial charge in [-0.15, -0.1) is 11.3 Å². The number of hydrogen-bond acceptors (Lipinski definition) is 8. The highest BCUT2D eigenvalue weighted by Gasteiger charge is 2.42. The maximum absolute atomic E-state index is 12.7. The summed E-state index contributed by atoms with van der Waals surface area (Å²) in [6.07, 6.45) is 1.73. The van der Waals surface area contributed by atoms with Gasteiger partial charge in [0.15, 0.2) is 17.3 Å². The number of amides is 3. The first-order valence-electron chi connectivity index (χ1n) is 10.00. The first-order valence-corrected chi connectivity index (χ1v) is 10.8. The normalized spacial score (nSPS) is 16.3. The van der Waals surface area contributed by atoms with Gasteiger partial charge in [-0.25, -0.2) is 4.79 Å². The number of methoxy groups -OCH3 is 3. The van der Waals surface area contributed by atoms with E-state index in [4.69, 9.17) is 29.4 Å². The number of hydrogen-bond donors (Lipinski definition) is 3. The number of nitrogens with one attached hydrogen (secondary N) is 2. The van der Waals surface area contributed by atoms with Gasteiger partial charge < -0.3 is 34.7 Å². The summed E-state index contributed by atoms with van der Waals surface area (Å²) < 4.78 is 27.5. The molecule has 10 nitrogen and oxygen atoms in total. The minimum atomic E-state index is -0.650. The smallest absolute Gasteiger partial charge is 0.324 e. The van der Waals surface area contributed by atoms with E-state index in [2.05, 4.69) is 10.6 Å². The third-order valence-electron chi connectivity index (χ3n) is 5.49. The molecule has 0 saturated carbocycles. The quantitative estimate of drug-likeness (QED) is 0.600. The molecule has 2 aromatic rings. The standard InChI is InChI=1S/C21H25N3O7S/c1-27-13-8-11(9-14(28-2)17(13)29-3)23-20(26)24-19-16(18(22)25)12-4-5-21(10-15(12)32-19)30-6-7-31-21/h8-9H,4-7,10H2,1-3H3,(H2,22,25)(H2,23,24,26). The second kappa shape index (κ2) is 8.85. The van der Waals surface area contributed by atoms with Crippen molar-refractivity contribution in [3.8, 4) is 17.2 Å². The average Bonchev–Trinajstić information content (AvgIpc) is 3.36. The van der Waals surface area contributed by atoms with Crippen LogP contribution in [0.25, 0.3) is 0 Å². The predicted molar refractivity (Wildman–Crippen MR) is 118 cm³/mol. The van der Waals surface area contributed by atoms with Crippen molar-refractivity contribution in [1.82, 2.24) is 0 Å². The second-order valence-corrected chi connectivity index (χ2v) is 8.45. The molecule has 172 valence electrons. The van der Waals surface area contributed by atoms with Gasteiger partial charge in [-0.3, -0.25) is 10.1 Å². The van der Waals surface area contributed by atoms with E-state index in [-0.39, 0.29) is 0 Å². The van der Waals surface area contributed by atoms with Crippen molar-refractivity contribution in [3.63, 3.8) is 0 Å². The van der Waals surface area contributed by atoms with Crippen molar-refractivity contribution < 1.29 is 33.3 Å². The summed E-state index contributed by atoms with van der Waals surface area (Å²) in [5.74, 6) is -0.0347. The Morgan fingerprint density at radius 1 is 1.06 bits per heavy atom.